The van der Waals surface area contributed by atoms with Crippen molar-refractivity contribution >= 4 is 17.8 Å². The molecule has 1 atom stereocenters. The second-order valence-corrected chi connectivity index (χ2v) is 8.43. The number of carbonyl (C=O) groups is 3. The van der Waals surface area contributed by atoms with Crippen molar-refractivity contribution in [3.05, 3.63) is 35.4 Å². The second kappa shape index (κ2) is 9.68. The van der Waals surface area contributed by atoms with Crippen LogP contribution < -0.4 is 10.6 Å². The second-order valence-electron chi connectivity index (χ2n) is 8.43. The Morgan fingerprint density at radius 2 is 1.54 bits per heavy atom. The number of ether oxygens (including phenoxy) is 1. The van der Waals surface area contributed by atoms with Gasteiger partial charge in [-0.15, -0.1) is 0 Å². The number of carboxylic acids is 1. The van der Waals surface area contributed by atoms with E-state index < -0.39 is 11.9 Å². The number of hydrogen-bond donors (Lipinski definition) is 3. The fourth-order valence-electron chi connectivity index (χ4n) is 3.10. The predicted molar refractivity (Wildman–Crippen MR) is 105 cm³/mol. The highest BCUT2D eigenvalue weighted by Crippen LogP contribution is 2.24. The lowest BCUT2D eigenvalue weighted by Gasteiger charge is -2.27. The zero-order valence-corrected chi connectivity index (χ0v) is 16.8. The van der Waals surface area contributed by atoms with Gasteiger partial charge in [-0.05, 0) is 48.4 Å². The van der Waals surface area contributed by atoms with E-state index in [-0.39, 0.29) is 29.7 Å². The first-order valence-electron chi connectivity index (χ1n) is 9.64. The first-order valence-corrected chi connectivity index (χ1v) is 9.64. The molecule has 1 aliphatic rings. The average molecular weight is 390 g/mol. The molecule has 1 fully saturated rings. The third-order valence-electron chi connectivity index (χ3n) is 4.82. The van der Waals surface area contributed by atoms with Gasteiger partial charge in [0.1, 0.15) is 0 Å². The number of rotatable bonds is 7. The molecule has 0 aliphatic carbocycles. The van der Waals surface area contributed by atoms with Gasteiger partial charge in [0.25, 0.3) is 11.8 Å². The van der Waals surface area contributed by atoms with E-state index in [0.717, 1.165) is 0 Å². The molecule has 7 nitrogen and oxygen atoms in total. The van der Waals surface area contributed by atoms with Gasteiger partial charge in [-0.2, -0.15) is 0 Å². The smallest absolute Gasteiger partial charge is 0.308 e. The summed E-state index contributed by atoms with van der Waals surface area (Å²) in [5.41, 5.74) is 0.857. The van der Waals surface area contributed by atoms with Crippen molar-refractivity contribution in [2.45, 2.75) is 33.6 Å². The fourth-order valence-corrected chi connectivity index (χ4v) is 3.10. The molecule has 0 aromatic heterocycles. The highest BCUT2D eigenvalue weighted by molar-refractivity contribution is 5.97. The summed E-state index contributed by atoms with van der Waals surface area (Å²) in [6.45, 7) is 7.84. The molecule has 1 aromatic rings. The van der Waals surface area contributed by atoms with Gasteiger partial charge < -0.3 is 20.5 Å². The Hall–Kier alpha value is -2.41. The van der Waals surface area contributed by atoms with Crippen molar-refractivity contribution in [3.63, 3.8) is 0 Å². The van der Waals surface area contributed by atoms with Crippen LogP contribution in [0.4, 0.5) is 0 Å². The average Bonchev–Trinajstić information content (AvgIpc) is 2.66. The Morgan fingerprint density at radius 3 is 2.00 bits per heavy atom. The molecule has 7 heteroatoms. The topological polar surface area (TPSA) is 105 Å². The Kier molecular flexibility index (Phi) is 7.57. The van der Waals surface area contributed by atoms with Crippen molar-refractivity contribution < 1.29 is 24.2 Å². The van der Waals surface area contributed by atoms with Crippen LogP contribution in [0.3, 0.4) is 0 Å². The van der Waals surface area contributed by atoms with Crippen LogP contribution >= 0.6 is 0 Å². The van der Waals surface area contributed by atoms with Crippen molar-refractivity contribution in [1.29, 1.82) is 0 Å². The number of benzene rings is 1. The summed E-state index contributed by atoms with van der Waals surface area (Å²) in [6, 6.07) is 6.34. The molecule has 1 unspecified atom stereocenters. The Labute approximate surface area is 165 Å². The lowest BCUT2D eigenvalue weighted by atomic mass is 9.86. The molecule has 0 radical (unpaired) electrons. The minimum Gasteiger partial charge on any atom is -0.481 e. The van der Waals surface area contributed by atoms with Crippen LogP contribution in [0.5, 0.6) is 0 Å². The summed E-state index contributed by atoms with van der Waals surface area (Å²) in [4.78, 5) is 36.1. The number of carbonyl (C=O) groups excluding carboxylic acids is 2. The van der Waals surface area contributed by atoms with Gasteiger partial charge in [-0.25, -0.2) is 0 Å². The van der Waals surface area contributed by atoms with Crippen LogP contribution in [0.2, 0.25) is 0 Å². The summed E-state index contributed by atoms with van der Waals surface area (Å²) in [6.07, 6.45) is 1.37. The quantitative estimate of drug-likeness (QED) is 0.663. The minimum atomic E-state index is -0.905. The molecule has 0 spiro atoms. The number of hydrogen-bond acceptors (Lipinski definition) is 4. The van der Waals surface area contributed by atoms with E-state index >= 15 is 0 Å². The van der Waals surface area contributed by atoms with E-state index in [1.54, 1.807) is 24.3 Å². The Morgan fingerprint density at radius 1 is 1.04 bits per heavy atom. The van der Waals surface area contributed by atoms with E-state index in [0.29, 0.717) is 43.7 Å². The lowest BCUT2D eigenvalue weighted by molar-refractivity contribution is -0.144. The molecular formula is C21H30N2O5. The van der Waals surface area contributed by atoms with Crippen LogP contribution in [0.15, 0.2) is 24.3 Å². The van der Waals surface area contributed by atoms with E-state index in [4.69, 9.17) is 4.74 Å². The third kappa shape index (κ3) is 6.64. The van der Waals surface area contributed by atoms with E-state index in [2.05, 4.69) is 10.6 Å². The van der Waals surface area contributed by atoms with E-state index in [1.165, 1.54) is 0 Å². The molecule has 28 heavy (non-hydrogen) atoms. The first-order chi connectivity index (χ1) is 13.2. The number of aliphatic carboxylic acids is 1. The zero-order valence-electron chi connectivity index (χ0n) is 16.8. The monoisotopic (exact) mass is 390 g/mol. The van der Waals surface area contributed by atoms with Gasteiger partial charge in [0.05, 0.1) is 5.92 Å². The van der Waals surface area contributed by atoms with Crippen LogP contribution in [0.25, 0.3) is 0 Å². The van der Waals surface area contributed by atoms with Gasteiger partial charge in [-0.1, -0.05) is 20.8 Å². The lowest BCUT2D eigenvalue weighted by Crippen LogP contribution is -2.39. The van der Waals surface area contributed by atoms with Gasteiger partial charge in [-0.3, -0.25) is 14.4 Å². The van der Waals surface area contributed by atoms with Crippen LogP contribution in [0.1, 0.15) is 54.3 Å². The first kappa shape index (κ1) is 21.9. The molecule has 154 valence electrons. The molecule has 1 saturated heterocycles. The van der Waals surface area contributed by atoms with Gasteiger partial charge in [0.2, 0.25) is 0 Å². The van der Waals surface area contributed by atoms with Crippen LogP contribution in [0, 0.1) is 17.3 Å². The maximum Gasteiger partial charge on any atom is 0.308 e. The highest BCUT2D eigenvalue weighted by atomic mass is 16.5. The predicted octanol–water partition coefficient (Wildman–Crippen LogP) is 2.32. The largest absolute Gasteiger partial charge is 0.481 e. The molecule has 1 heterocycles. The SMILES string of the molecule is CC(C)(C)CNC(=O)c1ccc(C(=O)NCC(C(=O)O)C2CCOCC2)cc1. The van der Waals surface area contributed by atoms with Crippen LogP contribution in [-0.4, -0.2) is 49.2 Å². The van der Waals surface area contributed by atoms with Crippen molar-refractivity contribution in [2.24, 2.45) is 17.3 Å². The number of nitrogens with one attached hydrogen (secondary N) is 2. The van der Waals surface area contributed by atoms with Crippen molar-refractivity contribution in [3.8, 4) is 0 Å². The molecule has 1 aromatic carbocycles. The molecule has 0 bridgehead atoms. The Balaban J connectivity index is 1.91. The summed E-state index contributed by atoms with van der Waals surface area (Å²) in [5.74, 6) is -2.07. The van der Waals surface area contributed by atoms with Gasteiger partial charge in [0, 0.05) is 37.4 Å². The highest BCUT2D eigenvalue weighted by Gasteiger charge is 2.30. The standard InChI is InChI=1S/C21H30N2O5/c1-21(2,3)13-23-19(25)16-6-4-15(5-7-16)18(24)22-12-17(20(26)27)14-8-10-28-11-9-14/h4-7,14,17H,8-13H2,1-3H3,(H,22,24)(H,23,25)(H,26,27). The van der Waals surface area contributed by atoms with Crippen molar-refractivity contribution in [2.75, 3.05) is 26.3 Å². The molecule has 0 saturated carbocycles. The maximum atomic E-state index is 12.4. The Bertz CT molecular complexity index is 688. The minimum absolute atomic E-state index is 0.000406. The maximum absolute atomic E-state index is 12.4. The number of carboxylic acid groups (broad SMARTS) is 1. The van der Waals surface area contributed by atoms with Gasteiger partial charge in [0.15, 0.2) is 0 Å². The molecular weight excluding hydrogens is 360 g/mol. The zero-order chi connectivity index (χ0) is 20.7. The van der Waals surface area contributed by atoms with Crippen molar-refractivity contribution in [1.82, 2.24) is 10.6 Å². The van der Waals surface area contributed by atoms with E-state index in [9.17, 15) is 19.5 Å². The normalized spacial score (nSPS) is 16.2. The molecule has 2 rings (SSSR count). The third-order valence-corrected chi connectivity index (χ3v) is 4.82. The summed E-state index contributed by atoms with van der Waals surface area (Å²) in [5, 5.41) is 15.0. The van der Waals surface area contributed by atoms with Gasteiger partial charge >= 0.3 is 5.97 Å². The van der Waals surface area contributed by atoms with Crippen LogP contribution in [-0.2, 0) is 9.53 Å². The fraction of sp³-hybridized carbons (Fsp3) is 0.571. The summed E-state index contributed by atoms with van der Waals surface area (Å²) in [7, 11) is 0. The van der Waals surface area contributed by atoms with E-state index in [1.807, 2.05) is 20.8 Å². The summed E-state index contributed by atoms with van der Waals surface area (Å²) < 4.78 is 5.28. The summed E-state index contributed by atoms with van der Waals surface area (Å²) >= 11 is 0. The molecule has 3 N–H and O–H groups in total. The molecule has 2 amide bonds. The number of amides is 2. The molecule has 1 aliphatic heterocycles.